The van der Waals surface area contributed by atoms with Crippen molar-refractivity contribution in [3.05, 3.63) is 59.4 Å². The highest BCUT2D eigenvalue weighted by molar-refractivity contribution is 5.78. The molecule has 0 aliphatic heterocycles. The first-order valence-electron chi connectivity index (χ1n) is 6.65. The fraction of sp³-hybridized carbons (Fsp3) is 0.188. The van der Waals surface area contributed by atoms with Gasteiger partial charge in [0.1, 0.15) is 5.82 Å². The Morgan fingerprint density at radius 2 is 1.95 bits per heavy atom. The molecule has 20 heavy (non-hydrogen) atoms. The Hall–Kier alpha value is -2.36. The number of hydrogen-bond donors (Lipinski definition) is 2. The van der Waals surface area contributed by atoms with Crippen molar-refractivity contribution in [2.45, 2.75) is 13.3 Å². The number of halogens is 1. The van der Waals surface area contributed by atoms with E-state index >= 15 is 0 Å². The van der Waals surface area contributed by atoms with Gasteiger partial charge in [0.15, 0.2) is 0 Å². The van der Waals surface area contributed by atoms with Crippen molar-refractivity contribution >= 4 is 17.0 Å². The molecule has 0 unspecified atom stereocenters. The van der Waals surface area contributed by atoms with Crippen LogP contribution in [-0.2, 0) is 6.42 Å². The van der Waals surface area contributed by atoms with Gasteiger partial charge >= 0.3 is 0 Å². The number of hydrogen-bond acceptors (Lipinski definition) is 2. The standard InChI is InChI=1S/C16H16FN3/c1-11-2-7-14-15(10-11)20-16(19-14)18-9-8-12-3-5-13(17)6-4-12/h2-7,10H,8-9H2,1H3,(H2,18,19,20). The molecule has 0 saturated heterocycles. The molecule has 4 heteroatoms. The lowest BCUT2D eigenvalue weighted by atomic mass is 10.1. The molecule has 102 valence electrons. The molecule has 0 saturated carbocycles. The van der Waals surface area contributed by atoms with Crippen LogP contribution in [0.25, 0.3) is 11.0 Å². The van der Waals surface area contributed by atoms with Crippen LogP contribution in [0.1, 0.15) is 11.1 Å². The number of fused-ring (bicyclic) bond motifs is 1. The third kappa shape index (κ3) is 2.79. The molecule has 0 spiro atoms. The Bertz CT molecular complexity index is 716. The van der Waals surface area contributed by atoms with E-state index in [-0.39, 0.29) is 5.82 Å². The van der Waals surface area contributed by atoms with Crippen molar-refractivity contribution in [3.8, 4) is 0 Å². The van der Waals surface area contributed by atoms with Crippen LogP contribution in [0.15, 0.2) is 42.5 Å². The predicted octanol–water partition coefficient (Wildman–Crippen LogP) is 3.67. The molecule has 2 aromatic carbocycles. The van der Waals surface area contributed by atoms with E-state index in [1.165, 1.54) is 17.7 Å². The summed E-state index contributed by atoms with van der Waals surface area (Å²) in [6.45, 7) is 2.81. The average molecular weight is 269 g/mol. The molecule has 3 nitrogen and oxygen atoms in total. The van der Waals surface area contributed by atoms with Gasteiger partial charge in [0.2, 0.25) is 5.95 Å². The lowest BCUT2D eigenvalue weighted by Crippen LogP contribution is -2.05. The van der Waals surface area contributed by atoms with Crippen LogP contribution in [0.2, 0.25) is 0 Å². The summed E-state index contributed by atoms with van der Waals surface area (Å²) in [6, 6.07) is 12.7. The van der Waals surface area contributed by atoms with E-state index in [4.69, 9.17) is 0 Å². The summed E-state index contributed by atoms with van der Waals surface area (Å²) in [5.74, 6) is 0.571. The van der Waals surface area contributed by atoms with Crippen LogP contribution < -0.4 is 5.32 Å². The molecule has 0 aliphatic carbocycles. The Labute approximate surface area is 116 Å². The fourth-order valence-corrected chi connectivity index (χ4v) is 2.18. The summed E-state index contributed by atoms with van der Waals surface area (Å²) < 4.78 is 12.8. The third-order valence-corrected chi connectivity index (χ3v) is 3.26. The van der Waals surface area contributed by atoms with Crippen LogP contribution in [-0.4, -0.2) is 16.5 Å². The van der Waals surface area contributed by atoms with Crippen molar-refractivity contribution in [3.63, 3.8) is 0 Å². The number of aromatic amines is 1. The van der Waals surface area contributed by atoms with Gasteiger partial charge in [0.05, 0.1) is 11.0 Å². The minimum atomic E-state index is -0.200. The topological polar surface area (TPSA) is 40.7 Å². The maximum Gasteiger partial charge on any atom is 0.201 e. The van der Waals surface area contributed by atoms with Crippen molar-refractivity contribution in [1.82, 2.24) is 9.97 Å². The largest absolute Gasteiger partial charge is 0.355 e. The van der Waals surface area contributed by atoms with Gasteiger partial charge < -0.3 is 10.3 Å². The molecular weight excluding hydrogens is 253 g/mol. The zero-order valence-corrected chi connectivity index (χ0v) is 11.3. The Morgan fingerprint density at radius 1 is 1.15 bits per heavy atom. The fourth-order valence-electron chi connectivity index (χ4n) is 2.18. The Morgan fingerprint density at radius 3 is 2.75 bits per heavy atom. The molecule has 0 fully saturated rings. The Balaban J connectivity index is 1.63. The van der Waals surface area contributed by atoms with Gasteiger partial charge in [-0.15, -0.1) is 0 Å². The van der Waals surface area contributed by atoms with Crippen LogP contribution in [0.4, 0.5) is 10.3 Å². The van der Waals surface area contributed by atoms with Crippen molar-refractivity contribution in [2.24, 2.45) is 0 Å². The molecule has 0 amide bonds. The van der Waals surface area contributed by atoms with Crippen LogP contribution >= 0.6 is 0 Å². The summed E-state index contributed by atoms with van der Waals surface area (Å²) >= 11 is 0. The highest BCUT2D eigenvalue weighted by atomic mass is 19.1. The zero-order valence-electron chi connectivity index (χ0n) is 11.3. The van der Waals surface area contributed by atoms with E-state index in [0.717, 1.165) is 35.5 Å². The number of rotatable bonds is 4. The molecule has 0 radical (unpaired) electrons. The number of aryl methyl sites for hydroxylation is 1. The summed E-state index contributed by atoms with van der Waals surface area (Å²) in [5, 5.41) is 3.26. The molecule has 2 N–H and O–H groups in total. The predicted molar refractivity (Wildman–Crippen MR) is 79.4 cm³/mol. The van der Waals surface area contributed by atoms with E-state index in [0.29, 0.717) is 0 Å². The third-order valence-electron chi connectivity index (χ3n) is 3.26. The first-order valence-corrected chi connectivity index (χ1v) is 6.65. The van der Waals surface area contributed by atoms with Gasteiger partial charge in [-0.3, -0.25) is 0 Å². The van der Waals surface area contributed by atoms with Gasteiger partial charge in [-0.1, -0.05) is 18.2 Å². The SMILES string of the molecule is Cc1ccc2nc(NCCc3ccc(F)cc3)[nH]c2c1. The van der Waals surface area contributed by atoms with E-state index in [1.807, 2.05) is 12.1 Å². The smallest absolute Gasteiger partial charge is 0.201 e. The summed E-state index contributed by atoms with van der Waals surface area (Å²) in [7, 11) is 0. The molecule has 1 heterocycles. The van der Waals surface area contributed by atoms with E-state index in [1.54, 1.807) is 12.1 Å². The second-order valence-electron chi connectivity index (χ2n) is 4.91. The van der Waals surface area contributed by atoms with Gasteiger partial charge in [-0.25, -0.2) is 9.37 Å². The van der Waals surface area contributed by atoms with E-state index < -0.39 is 0 Å². The maximum atomic E-state index is 12.8. The summed E-state index contributed by atoms with van der Waals surface area (Å²) in [4.78, 5) is 7.72. The van der Waals surface area contributed by atoms with Gasteiger partial charge in [0, 0.05) is 6.54 Å². The highest BCUT2D eigenvalue weighted by Crippen LogP contribution is 2.15. The normalized spacial score (nSPS) is 10.9. The number of anilines is 1. The Kier molecular flexibility index (Phi) is 3.37. The minimum Gasteiger partial charge on any atom is -0.355 e. The van der Waals surface area contributed by atoms with Crippen LogP contribution in [0, 0.1) is 12.7 Å². The molecule has 3 rings (SSSR count). The highest BCUT2D eigenvalue weighted by Gasteiger charge is 2.02. The average Bonchev–Trinajstić information content (AvgIpc) is 2.83. The van der Waals surface area contributed by atoms with E-state index in [2.05, 4.69) is 28.3 Å². The molecule has 0 atom stereocenters. The minimum absolute atomic E-state index is 0.200. The number of aromatic nitrogens is 2. The lowest BCUT2D eigenvalue weighted by molar-refractivity contribution is 0.627. The second kappa shape index (κ2) is 5.33. The summed E-state index contributed by atoms with van der Waals surface area (Å²) in [6.07, 6.45) is 0.830. The van der Waals surface area contributed by atoms with Gasteiger partial charge in [-0.05, 0) is 48.7 Å². The van der Waals surface area contributed by atoms with Gasteiger partial charge in [-0.2, -0.15) is 0 Å². The van der Waals surface area contributed by atoms with Gasteiger partial charge in [0.25, 0.3) is 0 Å². The molecule has 1 aromatic heterocycles. The first-order chi connectivity index (χ1) is 9.70. The summed E-state index contributed by atoms with van der Waals surface area (Å²) in [5.41, 5.74) is 4.30. The quantitative estimate of drug-likeness (QED) is 0.758. The van der Waals surface area contributed by atoms with Crippen LogP contribution in [0.3, 0.4) is 0 Å². The molecule has 0 bridgehead atoms. The number of H-pyrrole nitrogens is 1. The molecule has 3 aromatic rings. The molecule has 0 aliphatic rings. The van der Waals surface area contributed by atoms with Crippen LogP contribution in [0.5, 0.6) is 0 Å². The number of benzene rings is 2. The number of imidazole rings is 1. The lowest BCUT2D eigenvalue weighted by Gasteiger charge is -2.02. The van der Waals surface area contributed by atoms with Crippen molar-refractivity contribution < 1.29 is 4.39 Å². The van der Waals surface area contributed by atoms with Crippen molar-refractivity contribution in [2.75, 3.05) is 11.9 Å². The first kappa shape index (κ1) is 12.7. The monoisotopic (exact) mass is 269 g/mol. The maximum absolute atomic E-state index is 12.8. The number of nitrogens with one attached hydrogen (secondary N) is 2. The van der Waals surface area contributed by atoms with E-state index in [9.17, 15) is 4.39 Å². The second-order valence-corrected chi connectivity index (χ2v) is 4.91. The van der Waals surface area contributed by atoms with Crippen molar-refractivity contribution in [1.29, 1.82) is 0 Å². The zero-order chi connectivity index (χ0) is 13.9. The number of nitrogens with zero attached hydrogens (tertiary/aromatic N) is 1. The molecular formula is C16H16FN3.